The number of hydrogen-bond acceptors (Lipinski definition) is 3. The van der Waals surface area contributed by atoms with Crippen molar-refractivity contribution in [3.8, 4) is 0 Å². The van der Waals surface area contributed by atoms with Crippen molar-refractivity contribution in [3.63, 3.8) is 0 Å². The minimum atomic E-state index is -0.0387. The van der Waals surface area contributed by atoms with Crippen molar-refractivity contribution < 1.29 is 9.53 Å². The van der Waals surface area contributed by atoms with E-state index in [9.17, 15) is 4.79 Å². The second kappa shape index (κ2) is 7.72. The van der Waals surface area contributed by atoms with Crippen LogP contribution in [0.3, 0.4) is 0 Å². The van der Waals surface area contributed by atoms with E-state index in [4.69, 9.17) is 16.3 Å². The normalized spacial score (nSPS) is 19.8. The zero-order valence-electron chi connectivity index (χ0n) is 14.3. The third kappa shape index (κ3) is 4.62. The van der Waals surface area contributed by atoms with E-state index in [2.05, 4.69) is 10.2 Å². The van der Waals surface area contributed by atoms with Crippen LogP contribution in [0.4, 0.5) is 4.79 Å². The molecule has 1 aliphatic carbocycles. The summed E-state index contributed by atoms with van der Waals surface area (Å²) >= 11 is 6.17. The standard InChI is InChI=1S/C18H26ClN3O2/c1-21(12-15-4-2-3-5-16(15)19)17(23)20-13-18(6-7-18)14-22-8-10-24-11-9-22/h2-5H,6-14H2,1H3,(H,20,23). The fraction of sp³-hybridized carbons (Fsp3) is 0.611. The summed E-state index contributed by atoms with van der Waals surface area (Å²) in [5.41, 5.74) is 1.23. The second-order valence-electron chi connectivity index (χ2n) is 6.99. The van der Waals surface area contributed by atoms with Gasteiger partial charge in [0.05, 0.1) is 13.2 Å². The van der Waals surface area contributed by atoms with E-state index in [0.717, 1.165) is 45.0 Å². The van der Waals surface area contributed by atoms with E-state index in [0.29, 0.717) is 11.6 Å². The SMILES string of the molecule is CN(Cc1ccccc1Cl)C(=O)NCC1(CN2CCOCC2)CC1. The Balaban J connectivity index is 1.45. The van der Waals surface area contributed by atoms with Gasteiger partial charge in [0.15, 0.2) is 0 Å². The molecule has 1 aliphatic heterocycles. The molecule has 1 heterocycles. The van der Waals surface area contributed by atoms with E-state index < -0.39 is 0 Å². The number of amides is 2. The maximum absolute atomic E-state index is 12.4. The predicted octanol–water partition coefficient (Wildman–Crippen LogP) is 2.59. The van der Waals surface area contributed by atoms with Crippen LogP contribution in [0, 0.1) is 5.41 Å². The van der Waals surface area contributed by atoms with Crippen molar-refractivity contribution in [1.29, 1.82) is 0 Å². The summed E-state index contributed by atoms with van der Waals surface area (Å²) in [5.74, 6) is 0. The number of morpholine rings is 1. The maximum Gasteiger partial charge on any atom is 0.317 e. The highest BCUT2D eigenvalue weighted by Crippen LogP contribution is 2.45. The van der Waals surface area contributed by atoms with Crippen LogP contribution < -0.4 is 5.32 Å². The molecule has 24 heavy (non-hydrogen) atoms. The van der Waals surface area contributed by atoms with Crippen LogP contribution in [-0.4, -0.2) is 62.3 Å². The molecule has 1 saturated heterocycles. The number of ether oxygens (including phenoxy) is 1. The number of nitrogens with zero attached hydrogens (tertiary/aromatic N) is 2. The van der Waals surface area contributed by atoms with Gasteiger partial charge in [0.2, 0.25) is 0 Å². The topological polar surface area (TPSA) is 44.8 Å². The molecule has 0 aromatic heterocycles. The highest BCUT2D eigenvalue weighted by atomic mass is 35.5. The Morgan fingerprint density at radius 3 is 2.71 bits per heavy atom. The van der Waals surface area contributed by atoms with Crippen LogP contribution in [0.15, 0.2) is 24.3 Å². The molecule has 0 bridgehead atoms. The minimum absolute atomic E-state index is 0.0387. The van der Waals surface area contributed by atoms with Gasteiger partial charge in [0.25, 0.3) is 0 Å². The first kappa shape index (κ1) is 17.5. The lowest BCUT2D eigenvalue weighted by molar-refractivity contribution is 0.0285. The van der Waals surface area contributed by atoms with E-state index in [1.807, 2.05) is 24.3 Å². The predicted molar refractivity (Wildman–Crippen MR) is 95.2 cm³/mol. The van der Waals surface area contributed by atoms with Gasteiger partial charge >= 0.3 is 6.03 Å². The monoisotopic (exact) mass is 351 g/mol. The summed E-state index contributed by atoms with van der Waals surface area (Å²) in [7, 11) is 1.81. The Bertz CT molecular complexity index is 571. The first-order valence-corrected chi connectivity index (χ1v) is 8.98. The quantitative estimate of drug-likeness (QED) is 0.856. The molecule has 1 N–H and O–H groups in total. The van der Waals surface area contributed by atoms with Crippen LogP contribution in [-0.2, 0) is 11.3 Å². The van der Waals surface area contributed by atoms with Gasteiger partial charge in [0.1, 0.15) is 0 Å². The van der Waals surface area contributed by atoms with Crippen molar-refractivity contribution in [1.82, 2.24) is 15.1 Å². The zero-order valence-corrected chi connectivity index (χ0v) is 15.0. The number of carbonyl (C=O) groups is 1. The summed E-state index contributed by atoms with van der Waals surface area (Å²) in [6, 6.07) is 7.60. The summed E-state index contributed by atoms with van der Waals surface area (Å²) < 4.78 is 5.40. The van der Waals surface area contributed by atoms with Crippen LogP contribution in [0.2, 0.25) is 5.02 Å². The molecule has 1 saturated carbocycles. The molecule has 0 atom stereocenters. The first-order chi connectivity index (χ1) is 11.6. The van der Waals surface area contributed by atoms with Gasteiger partial charge in [-0.05, 0) is 24.5 Å². The zero-order chi connectivity index (χ0) is 17.0. The number of carbonyl (C=O) groups excluding carboxylic acids is 1. The first-order valence-electron chi connectivity index (χ1n) is 8.60. The van der Waals surface area contributed by atoms with Crippen molar-refractivity contribution in [2.45, 2.75) is 19.4 Å². The Morgan fingerprint density at radius 2 is 2.04 bits per heavy atom. The molecule has 1 aromatic rings. The summed E-state index contributed by atoms with van der Waals surface area (Å²) in [5, 5.41) is 3.80. The second-order valence-corrected chi connectivity index (χ2v) is 7.40. The maximum atomic E-state index is 12.4. The smallest absolute Gasteiger partial charge is 0.317 e. The Kier molecular flexibility index (Phi) is 5.64. The molecule has 2 fully saturated rings. The van der Waals surface area contributed by atoms with Gasteiger partial charge in [0, 0.05) is 50.2 Å². The average Bonchev–Trinajstić information content (AvgIpc) is 3.35. The van der Waals surface area contributed by atoms with Gasteiger partial charge in [-0.1, -0.05) is 29.8 Å². The number of benzene rings is 1. The van der Waals surface area contributed by atoms with Gasteiger partial charge < -0.3 is 15.0 Å². The molecule has 3 rings (SSSR count). The van der Waals surface area contributed by atoms with Gasteiger partial charge in [-0.2, -0.15) is 0 Å². The number of urea groups is 1. The lowest BCUT2D eigenvalue weighted by atomic mass is 10.1. The summed E-state index contributed by atoms with van der Waals surface area (Å²) in [6.07, 6.45) is 2.39. The molecule has 1 aromatic carbocycles. The lowest BCUT2D eigenvalue weighted by Crippen LogP contribution is -2.45. The Morgan fingerprint density at radius 1 is 1.33 bits per heavy atom. The largest absolute Gasteiger partial charge is 0.379 e. The molecule has 2 amide bonds. The fourth-order valence-corrected chi connectivity index (χ4v) is 3.35. The Hall–Kier alpha value is -1.30. The van der Waals surface area contributed by atoms with Crippen molar-refractivity contribution in [2.75, 3.05) is 46.4 Å². The van der Waals surface area contributed by atoms with Gasteiger partial charge in [-0.25, -0.2) is 4.79 Å². The molecular formula is C18H26ClN3O2. The van der Waals surface area contributed by atoms with Crippen molar-refractivity contribution in [2.24, 2.45) is 5.41 Å². The Labute approximate surface area is 148 Å². The van der Waals surface area contributed by atoms with Crippen molar-refractivity contribution >= 4 is 17.6 Å². The molecule has 0 unspecified atom stereocenters. The third-order valence-corrected chi connectivity index (χ3v) is 5.32. The number of nitrogens with one attached hydrogen (secondary N) is 1. The highest BCUT2D eigenvalue weighted by molar-refractivity contribution is 6.31. The van der Waals surface area contributed by atoms with Gasteiger partial charge in [-0.3, -0.25) is 4.90 Å². The minimum Gasteiger partial charge on any atom is -0.379 e. The van der Waals surface area contributed by atoms with Crippen LogP contribution in [0.1, 0.15) is 18.4 Å². The molecular weight excluding hydrogens is 326 g/mol. The molecule has 5 nitrogen and oxygen atoms in total. The van der Waals surface area contributed by atoms with E-state index in [1.54, 1.807) is 11.9 Å². The lowest BCUT2D eigenvalue weighted by Gasteiger charge is -2.31. The molecule has 0 radical (unpaired) electrons. The number of halogens is 1. The third-order valence-electron chi connectivity index (χ3n) is 4.95. The molecule has 132 valence electrons. The summed E-state index contributed by atoms with van der Waals surface area (Å²) in [6.45, 7) is 5.97. The number of hydrogen-bond donors (Lipinski definition) is 1. The number of rotatable bonds is 6. The highest BCUT2D eigenvalue weighted by Gasteiger charge is 2.44. The van der Waals surface area contributed by atoms with Gasteiger partial charge in [-0.15, -0.1) is 0 Å². The van der Waals surface area contributed by atoms with E-state index >= 15 is 0 Å². The van der Waals surface area contributed by atoms with Crippen molar-refractivity contribution in [3.05, 3.63) is 34.9 Å². The average molecular weight is 352 g/mol. The van der Waals surface area contributed by atoms with E-state index in [1.165, 1.54) is 12.8 Å². The molecule has 2 aliphatic rings. The fourth-order valence-electron chi connectivity index (χ4n) is 3.15. The molecule has 6 heteroatoms. The van der Waals surface area contributed by atoms with Crippen LogP contribution >= 0.6 is 11.6 Å². The molecule has 0 spiro atoms. The summed E-state index contributed by atoms with van der Waals surface area (Å²) in [4.78, 5) is 16.5. The van der Waals surface area contributed by atoms with Crippen LogP contribution in [0.5, 0.6) is 0 Å². The van der Waals surface area contributed by atoms with Crippen LogP contribution in [0.25, 0.3) is 0 Å². The van der Waals surface area contributed by atoms with E-state index in [-0.39, 0.29) is 11.4 Å².